The quantitative estimate of drug-likeness (QED) is 0.657. The molecule has 2 aromatic carbocycles. The molecule has 0 unspecified atom stereocenters. The Morgan fingerprint density at radius 1 is 1.04 bits per heavy atom. The zero-order chi connectivity index (χ0) is 18.7. The van der Waals surface area contributed by atoms with E-state index in [9.17, 15) is 9.59 Å². The summed E-state index contributed by atoms with van der Waals surface area (Å²) in [5.41, 5.74) is 1.19. The number of carbonyl (C=O) groups excluding carboxylic acids is 2. The molecule has 0 saturated carbocycles. The molecule has 0 aliphatic rings. The van der Waals surface area contributed by atoms with Gasteiger partial charge in [0.15, 0.2) is 0 Å². The maximum atomic E-state index is 13.0. The van der Waals surface area contributed by atoms with E-state index >= 15 is 0 Å². The second-order valence-corrected chi connectivity index (χ2v) is 7.92. The number of hydrogen-bond donors (Lipinski definition) is 0. The highest BCUT2D eigenvalue weighted by Crippen LogP contribution is 2.34. The Bertz CT molecular complexity index is 898. The predicted octanol–water partition coefficient (Wildman–Crippen LogP) is 4.19. The predicted molar refractivity (Wildman–Crippen MR) is 105 cm³/mol. The topological polar surface area (TPSA) is 50.3 Å². The smallest absolute Gasteiger partial charge is 0.228 e. The van der Waals surface area contributed by atoms with Crippen LogP contribution in [0.15, 0.2) is 54.6 Å². The Morgan fingerprint density at radius 3 is 2.35 bits per heavy atom. The summed E-state index contributed by atoms with van der Waals surface area (Å²) in [5.74, 6) is -0.115. The van der Waals surface area contributed by atoms with Crippen molar-refractivity contribution in [3.63, 3.8) is 0 Å². The van der Waals surface area contributed by atoms with E-state index in [-0.39, 0.29) is 24.7 Å². The van der Waals surface area contributed by atoms with Gasteiger partial charge < -0.3 is 4.90 Å². The minimum absolute atomic E-state index is 0.0411. The number of rotatable bonds is 6. The van der Waals surface area contributed by atoms with Gasteiger partial charge in [0.1, 0.15) is 10.8 Å². The minimum Gasteiger partial charge on any atom is -0.323 e. The Hall–Kier alpha value is -2.53. The molecule has 0 fully saturated rings. The lowest BCUT2D eigenvalue weighted by Gasteiger charge is -2.36. The first kappa shape index (κ1) is 18.3. The molecule has 1 amide bonds. The first-order valence-electron chi connectivity index (χ1n) is 8.58. The number of hydrogen-bond acceptors (Lipinski definition) is 4. The number of para-hydroxylation sites is 1. The number of benzene rings is 2. The van der Waals surface area contributed by atoms with Crippen LogP contribution in [0.25, 0.3) is 10.2 Å². The fraction of sp³-hybridized carbons (Fsp3) is 0.286. The zero-order valence-corrected chi connectivity index (χ0v) is 16.0. The molecule has 0 saturated heterocycles. The summed E-state index contributed by atoms with van der Waals surface area (Å²) in [5, 5.41) is 0.835. The van der Waals surface area contributed by atoms with Gasteiger partial charge in [0.05, 0.1) is 28.7 Å². The number of carbonyl (C=O) groups is 2. The third-order valence-electron chi connectivity index (χ3n) is 4.37. The van der Waals surface area contributed by atoms with E-state index in [0.717, 1.165) is 20.8 Å². The third kappa shape index (κ3) is 3.83. The summed E-state index contributed by atoms with van der Waals surface area (Å²) in [4.78, 5) is 31.3. The maximum absolute atomic E-state index is 13.0. The van der Waals surface area contributed by atoms with Gasteiger partial charge in [0.25, 0.3) is 0 Å². The zero-order valence-electron chi connectivity index (χ0n) is 15.2. The molecule has 1 heterocycles. The van der Waals surface area contributed by atoms with E-state index in [1.165, 1.54) is 6.92 Å². The molecular weight excluding hydrogens is 344 g/mol. The Morgan fingerprint density at radius 2 is 1.69 bits per heavy atom. The minimum atomic E-state index is -0.665. The van der Waals surface area contributed by atoms with Crippen LogP contribution >= 0.6 is 11.3 Å². The number of Topliss-reactive ketones (excluding diaryl/α,β-unsaturated/α-hetero) is 1. The average Bonchev–Trinajstić information content (AvgIpc) is 3.05. The van der Waals surface area contributed by atoms with Crippen molar-refractivity contribution in [2.75, 3.05) is 6.54 Å². The van der Waals surface area contributed by atoms with Crippen LogP contribution in [-0.2, 0) is 21.5 Å². The van der Waals surface area contributed by atoms with E-state index in [4.69, 9.17) is 4.98 Å². The number of aromatic nitrogens is 1. The van der Waals surface area contributed by atoms with Gasteiger partial charge >= 0.3 is 0 Å². The first-order valence-corrected chi connectivity index (χ1v) is 9.39. The fourth-order valence-electron chi connectivity index (χ4n) is 2.94. The molecule has 0 N–H and O–H groups in total. The van der Waals surface area contributed by atoms with Gasteiger partial charge in [-0.1, -0.05) is 42.5 Å². The highest BCUT2D eigenvalue weighted by atomic mass is 32.1. The second-order valence-electron chi connectivity index (χ2n) is 6.89. The van der Waals surface area contributed by atoms with Gasteiger partial charge in [-0.15, -0.1) is 11.3 Å². The molecular formula is C21H22N2O2S. The first-order chi connectivity index (χ1) is 12.4. The van der Waals surface area contributed by atoms with Crippen LogP contribution in [0.3, 0.4) is 0 Å². The standard InChI is InChI=1S/C21H22N2O2S/c1-15(24)14-23(19(25)13-16-9-5-4-6-10-16)21(2,3)20-22-17-11-7-8-12-18(17)26-20/h4-12H,13-14H2,1-3H3. The molecule has 0 radical (unpaired) electrons. The molecule has 1 aromatic heterocycles. The van der Waals surface area contributed by atoms with E-state index in [0.29, 0.717) is 0 Å². The molecule has 0 spiro atoms. The fourth-order valence-corrected chi connectivity index (χ4v) is 4.01. The highest BCUT2D eigenvalue weighted by Gasteiger charge is 2.36. The van der Waals surface area contributed by atoms with Crippen LogP contribution in [0, 0.1) is 0 Å². The molecule has 26 heavy (non-hydrogen) atoms. The van der Waals surface area contributed by atoms with Gasteiger partial charge in [0, 0.05) is 0 Å². The molecule has 3 rings (SSSR count). The van der Waals surface area contributed by atoms with Crippen LogP contribution in [0.1, 0.15) is 31.3 Å². The number of amides is 1. The van der Waals surface area contributed by atoms with Crippen molar-refractivity contribution in [3.8, 4) is 0 Å². The third-order valence-corrected chi connectivity index (χ3v) is 5.72. The van der Waals surface area contributed by atoms with Crippen molar-refractivity contribution in [3.05, 3.63) is 65.2 Å². The van der Waals surface area contributed by atoms with Gasteiger partial charge in [-0.2, -0.15) is 0 Å². The van der Waals surface area contributed by atoms with Crippen LogP contribution < -0.4 is 0 Å². The van der Waals surface area contributed by atoms with E-state index in [1.54, 1.807) is 16.2 Å². The van der Waals surface area contributed by atoms with Gasteiger partial charge in [-0.3, -0.25) is 9.59 Å². The maximum Gasteiger partial charge on any atom is 0.228 e. The van der Waals surface area contributed by atoms with Gasteiger partial charge in [0.2, 0.25) is 5.91 Å². The van der Waals surface area contributed by atoms with Crippen LogP contribution in [-0.4, -0.2) is 28.1 Å². The van der Waals surface area contributed by atoms with E-state index in [1.807, 2.05) is 68.4 Å². The molecule has 4 nitrogen and oxygen atoms in total. The van der Waals surface area contributed by atoms with Gasteiger partial charge in [-0.05, 0) is 38.5 Å². The molecule has 134 valence electrons. The summed E-state index contributed by atoms with van der Waals surface area (Å²) in [6.07, 6.45) is 0.266. The summed E-state index contributed by atoms with van der Waals surface area (Å²) >= 11 is 1.57. The number of fused-ring (bicyclic) bond motifs is 1. The van der Waals surface area contributed by atoms with Crippen molar-refractivity contribution < 1.29 is 9.59 Å². The van der Waals surface area contributed by atoms with Crippen molar-refractivity contribution in [1.82, 2.24) is 9.88 Å². The lowest BCUT2D eigenvalue weighted by molar-refractivity contribution is -0.140. The summed E-state index contributed by atoms with van der Waals surface area (Å²) in [6.45, 7) is 5.50. The molecule has 0 aliphatic heterocycles. The Balaban J connectivity index is 1.94. The number of ketones is 1. The second kappa shape index (κ2) is 7.38. The van der Waals surface area contributed by atoms with Crippen molar-refractivity contribution in [2.24, 2.45) is 0 Å². The average molecular weight is 366 g/mol. The SMILES string of the molecule is CC(=O)CN(C(=O)Cc1ccccc1)C(C)(C)c1nc2ccccc2s1. The van der Waals surface area contributed by atoms with Crippen molar-refractivity contribution >= 4 is 33.2 Å². The lowest BCUT2D eigenvalue weighted by Crippen LogP contribution is -2.48. The largest absolute Gasteiger partial charge is 0.323 e. The van der Waals surface area contributed by atoms with Crippen molar-refractivity contribution in [2.45, 2.75) is 32.7 Å². The Kier molecular flexibility index (Phi) is 5.18. The normalized spacial score (nSPS) is 11.5. The molecule has 3 aromatic rings. The van der Waals surface area contributed by atoms with Crippen LogP contribution in [0.2, 0.25) is 0 Å². The molecule has 0 atom stereocenters. The van der Waals surface area contributed by atoms with Crippen LogP contribution in [0.4, 0.5) is 0 Å². The summed E-state index contributed by atoms with van der Waals surface area (Å²) < 4.78 is 1.08. The Labute approximate surface area is 157 Å². The van der Waals surface area contributed by atoms with Gasteiger partial charge in [-0.25, -0.2) is 4.98 Å². The number of thiazole rings is 1. The monoisotopic (exact) mass is 366 g/mol. The number of nitrogens with zero attached hydrogens (tertiary/aromatic N) is 2. The van der Waals surface area contributed by atoms with Crippen molar-refractivity contribution in [1.29, 1.82) is 0 Å². The molecule has 0 aliphatic carbocycles. The van der Waals surface area contributed by atoms with E-state index in [2.05, 4.69) is 0 Å². The van der Waals surface area contributed by atoms with E-state index < -0.39 is 5.54 Å². The van der Waals surface area contributed by atoms with Crippen LogP contribution in [0.5, 0.6) is 0 Å². The summed E-state index contributed by atoms with van der Waals surface area (Å²) in [6, 6.07) is 17.5. The molecule has 0 bridgehead atoms. The summed E-state index contributed by atoms with van der Waals surface area (Å²) in [7, 11) is 0. The highest BCUT2D eigenvalue weighted by molar-refractivity contribution is 7.18. The lowest BCUT2D eigenvalue weighted by atomic mass is 10.0. The molecule has 5 heteroatoms.